The summed E-state index contributed by atoms with van der Waals surface area (Å²) in [4.78, 5) is 16.2. The van der Waals surface area contributed by atoms with E-state index in [9.17, 15) is 4.79 Å². The minimum absolute atomic E-state index is 0.00931. The van der Waals surface area contributed by atoms with E-state index in [1.54, 1.807) is 0 Å². The van der Waals surface area contributed by atoms with E-state index in [1.807, 2.05) is 12.3 Å². The molecule has 0 bridgehead atoms. The van der Waals surface area contributed by atoms with Gasteiger partial charge in [0.05, 0.1) is 5.69 Å². The average molecular weight is 255 g/mol. The Morgan fingerprint density at radius 2 is 2.24 bits per heavy atom. The van der Waals surface area contributed by atoms with Gasteiger partial charge in [0, 0.05) is 11.3 Å². The van der Waals surface area contributed by atoms with Crippen LogP contribution in [0.25, 0.3) is 0 Å². The number of amides is 1. The highest BCUT2D eigenvalue weighted by Crippen LogP contribution is 2.22. The molecule has 1 aromatic rings. The highest BCUT2D eigenvalue weighted by atomic mass is 32.1. The molecule has 0 aromatic carbocycles. The molecule has 1 unspecified atom stereocenters. The van der Waals surface area contributed by atoms with Gasteiger partial charge < -0.3 is 11.1 Å². The van der Waals surface area contributed by atoms with Crippen molar-refractivity contribution in [3.63, 3.8) is 0 Å². The van der Waals surface area contributed by atoms with Crippen LogP contribution in [-0.2, 0) is 4.79 Å². The number of carbonyl (C=O) groups is 1. The molecule has 0 aliphatic heterocycles. The van der Waals surface area contributed by atoms with Crippen LogP contribution in [0.4, 0.5) is 5.13 Å². The van der Waals surface area contributed by atoms with Crippen molar-refractivity contribution in [2.75, 3.05) is 11.9 Å². The van der Waals surface area contributed by atoms with Crippen molar-refractivity contribution >= 4 is 22.4 Å². The number of nitrogens with one attached hydrogen (secondary N) is 1. The van der Waals surface area contributed by atoms with Crippen molar-refractivity contribution < 1.29 is 4.79 Å². The fraction of sp³-hybridized carbons (Fsp3) is 0.667. The normalized spacial score (nSPS) is 12.8. The van der Waals surface area contributed by atoms with Gasteiger partial charge in [0.2, 0.25) is 5.91 Å². The van der Waals surface area contributed by atoms with Gasteiger partial charge in [-0.1, -0.05) is 20.8 Å². The lowest BCUT2D eigenvalue weighted by molar-refractivity contribution is -0.119. The molecule has 0 radical (unpaired) electrons. The fourth-order valence-electron chi connectivity index (χ4n) is 1.39. The zero-order valence-electron chi connectivity index (χ0n) is 10.7. The lowest BCUT2D eigenvalue weighted by Gasteiger charge is -2.09. The number of thiazole rings is 1. The van der Waals surface area contributed by atoms with Crippen LogP contribution in [0.5, 0.6) is 0 Å². The number of rotatable bonds is 6. The predicted octanol–water partition coefficient (Wildman–Crippen LogP) is 2.58. The van der Waals surface area contributed by atoms with Crippen molar-refractivity contribution in [2.24, 2.45) is 11.7 Å². The molecule has 4 nitrogen and oxygen atoms in total. The molecule has 0 aliphatic rings. The second-order valence-corrected chi connectivity index (χ2v) is 5.41. The lowest BCUT2D eigenvalue weighted by Crippen LogP contribution is -2.21. The molecule has 3 N–H and O–H groups in total. The van der Waals surface area contributed by atoms with Crippen molar-refractivity contribution in [3.8, 4) is 0 Å². The highest BCUT2D eigenvalue weighted by molar-refractivity contribution is 7.13. The van der Waals surface area contributed by atoms with Crippen LogP contribution in [0.1, 0.15) is 45.2 Å². The lowest BCUT2D eigenvalue weighted by atomic mass is 10.1. The second kappa shape index (κ2) is 6.71. The van der Waals surface area contributed by atoms with Crippen LogP contribution < -0.4 is 11.1 Å². The van der Waals surface area contributed by atoms with Gasteiger partial charge in [-0.3, -0.25) is 4.79 Å². The van der Waals surface area contributed by atoms with E-state index in [1.165, 1.54) is 11.3 Å². The summed E-state index contributed by atoms with van der Waals surface area (Å²) in [5.74, 6) is 0.416. The molecule has 0 fully saturated rings. The van der Waals surface area contributed by atoms with Crippen molar-refractivity contribution in [3.05, 3.63) is 11.1 Å². The summed E-state index contributed by atoms with van der Waals surface area (Å²) in [7, 11) is 0. The summed E-state index contributed by atoms with van der Waals surface area (Å²) >= 11 is 1.48. The van der Waals surface area contributed by atoms with Gasteiger partial charge in [-0.2, -0.15) is 0 Å². The Morgan fingerprint density at radius 3 is 2.76 bits per heavy atom. The topological polar surface area (TPSA) is 68.0 Å². The minimum Gasteiger partial charge on any atom is -0.330 e. The minimum atomic E-state index is -0.00931. The van der Waals surface area contributed by atoms with Gasteiger partial charge in [-0.15, -0.1) is 11.3 Å². The van der Waals surface area contributed by atoms with Crippen molar-refractivity contribution in [2.45, 2.75) is 39.5 Å². The van der Waals surface area contributed by atoms with Crippen LogP contribution in [0.3, 0.4) is 0 Å². The number of carbonyl (C=O) groups excluding carboxylic acids is 1. The Bertz CT molecular complexity index is 362. The Balaban J connectivity index is 2.49. The van der Waals surface area contributed by atoms with Gasteiger partial charge in [0.25, 0.3) is 0 Å². The third-order valence-electron chi connectivity index (χ3n) is 2.63. The Morgan fingerprint density at radius 1 is 1.53 bits per heavy atom. The van der Waals surface area contributed by atoms with E-state index in [2.05, 4.69) is 24.1 Å². The Kier molecular flexibility index (Phi) is 5.58. The molecule has 96 valence electrons. The molecule has 1 amide bonds. The summed E-state index contributed by atoms with van der Waals surface area (Å²) in [5, 5.41) is 5.54. The van der Waals surface area contributed by atoms with E-state index in [0.29, 0.717) is 17.6 Å². The number of nitrogens with zero attached hydrogens (tertiary/aromatic N) is 1. The Hall–Kier alpha value is -0.940. The van der Waals surface area contributed by atoms with E-state index < -0.39 is 0 Å². The number of aromatic nitrogens is 1. The quantitative estimate of drug-likeness (QED) is 0.821. The van der Waals surface area contributed by atoms with Crippen LogP contribution in [-0.4, -0.2) is 17.4 Å². The maximum Gasteiger partial charge on any atom is 0.228 e. The third kappa shape index (κ3) is 4.44. The molecule has 0 saturated carbocycles. The number of nitrogens with two attached hydrogens (primary N) is 1. The summed E-state index contributed by atoms with van der Waals surface area (Å²) in [6, 6.07) is 0. The fourth-order valence-corrected chi connectivity index (χ4v) is 2.27. The molecule has 5 heteroatoms. The maximum absolute atomic E-state index is 11.8. The highest BCUT2D eigenvalue weighted by Gasteiger charge is 2.14. The number of anilines is 1. The second-order valence-electron chi connectivity index (χ2n) is 4.55. The zero-order valence-corrected chi connectivity index (χ0v) is 11.5. The molecule has 0 spiro atoms. The zero-order chi connectivity index (χ0) is 12.8. The Labute approximate surface area is 107 Å². The molecule has 1 aromatic heterocycles. The number of hydrogen-bond acceptors (Lipinski definition) is 4. The van der Waals surface area contributed by atoms with E-state index in [-0.39, 0.29) is 11.8 Å². The molecule has 1 rings (SSSR count). The number of hydrogen-bond donors (Lipinski definition) is 2. The molecule has 0 saturated heterocycles. The van der Waals surface area contributed by atoms with Crippen molar-refractivity contribution in [1.82, 2.24) is 4.98 Å². The predicted molar refractivity (Wildman–Crippen MR) is 72.3 cm³/mol. The van der Waals surface area contributed by atoms with Crippen LogP contribution >= 0.6 is 11.3 Å². The van der Waals surface area contributed by atoms with E-state index >= 15 is 0 Å². The summed E-state index contributed by atoms with van der Waals surface area (Å²) < 4.78 is 0. The third-order valence-corrected chi connectivity index (χ3v) is 3.41. The average Bonchev–Trinajstić information content (AvgIpc) is 2.74. The van der Waals surface area contributed by atoms with Crippen molar-refractivity contribution in [1.29, 1.82) is 0 Å². The first-order valence-electron chi connectivity index (χ1n) is 6.01. The maximum atomic E-state index is 11.8. The molecular weight excluding hydrogens is 234 g/mol. The SMILES string of the molecule is CC(CCCN)C(=O)Nc1nc(C(C)C)cs1. The summed E-state index contributed by atoms with van der Waals surface area (Å²) in [5.41, 5.74) is 6.45. The van der Waals surface area contributed by atoms with E-state index in [0.717, 1.165) is 18.5 Å². The van der Waals surface area contributed by atoms with Gasteiger partial charge in [-0.25, -0.2) is 4.98 Å². The molecule has 1 heterocycles. The standard InChI is InChI=1S/C12H21N3OS/c1-8(2)10-7-17-12(14-10)15-11(16)9(3)5-4-6-13/h7-9H,4-6,13H2,1-3H3,(H,14,15,16). The van der Waals surface area contributed by atoms with Gasteiger partial charge in [0.15, 0.2) is 5.13 Å². The molecular formula is C12H21N3OS. The van der Waals surface area contributed by atoms with Gasteiger partial charge >= 0.3 is 0 Å². The van der Waals surface area contributed by atoms with Crippen LogP contribution in [0.2, 0.25) is 0 Å². The summed E-state index contributed by atoms with van der Waals surface area (Å²) in [6.07, 6.45) is 1.70. The first-order chi connectivity index (χ1) is 8.04. The first kappa shape index (κ1) is 14.1. The summed E-state index contributed by atoms with van der Waals surface area (Å²) in [6.45, 7) is 6.73. The molecule has 17 heavy (non-hydrogen) atoms. The monoisotopic (exact) mass is 255 g/mol. The van der Waals surface area contributed by atoms with Crippen LogP contribution in [0, 0.1) is 5.92 Å². The van der Waals surface area contributed by atoms with E-state index in [4.69, 9.17) is 5.73 Å². The molecule has 1 atom stereocenters. The smallest absolute Gasteiger partial charge is 0.228 e. The largest absolute Gasteiger partial charge is 0.330 e. The molecule has 0 aliphatic carbocycles. The van der Waals surface area contributed by atoms with Gasteiger partial charge in [0.1, 0.15) is 0 Å². The first-order valence-corrected chi connectivity index (χ1v) is 6.89. The van der Waals surface area contributed by atoms with Crippen LogP contribution in [0.15, 0.2) is 5.38 Å². The van der Waals surface area contributed by atoms with Gasteiger partial charge in [-0.05, 0) is 25.3 Å².